The molecule has 0 bridgehead atoms. The third-order valence-electron chi connectivity index (χ3n) is 3.32. The van der Waals surface area contributed by atoms with Gasteiger partial charge in [-0.05, 0) is 11.8 Å². The molecular weight excluding hydrogens is 226 g/mol. The molecule has 1 N–H and O–H groups in total. The zero-order chi connectivity index (χ0) is 11.7. The lowest BCUT2D eigenvalue weighted by Gasteiger charge is -2.19. The number of aliphatic hydroxyl groups excluding tert-OH is 1. The van der Waals surface area contributed by atoms with Gasteiger partial charge in [0.25, 0.3) is 0 Å². The largest absolute Gasteiger partial charge is 0.391 e. The summed E-state index contributed by atoms with van der Waals surface area (Å²) < 4.78 is 0. The van der Waals surface area contributed by atoms with Gasteiger partial charge in [-0.15, -0.1) is 0 Å². The zero-order valence-electron chi connectivity index (χ0n) is 9.52. The van der Waals surface area contributed by atoms with Crippen molar-refractivity contribution in [3.63, 3.8) is 0 Å². The highest BCUT2D eigenvalue weighted by atomic mass is 35.5. The smallest absolute Gasteiger partial charge is 0.140 e. The molecule has 1 aromatic heterocycles. The molecule has 1 aromatic rings. The number of hydrogen-bond donors (Lipinski definition) is 1. The summed E-state index contributed by atoms with van der Waals surface area (Å²) in [7, 11) is 0. The van der Waals surface area contributed by atoms with Crippen molar-refractivity contribution in [3.8, 4) is 0 Å². The predicted octanol–water partition coefficient (Wildman–Crippen LogP) is 1.71. The molecule has 0 saturated carbocycles. The first-order valence-electron chi connectivity index (χ1n) is 5.48. The first-order chi connectivity index (χ1) is 7.63. The van der Waals surface area contributed by atoms with Crippen LogP contribution in [0.15, 0.2) is 6.33 Å². The Morgan fingerprint density at radius 3 is 2.56 bits per heavy atom. The fourth-order valence-electron chi connectivity index (χ4n) is 2.09. The van der Waals surface area contributed by atoms with Crippen molar-refractivity contribution >= 4 is 17.4 Å². The van der Waals surface area contributed by atoms with Crippen molar-refractivity contribution in [2.75, 3.05) is 18.0 Å². The topological polar surface area (TPSA) is 49.2 Å². The summed E-state index contributed by atoms with van der Waals surface area (Å²) in [6.07, 6.45) is 1.45. The van der Waals surface area contributed by atoms with Gasteiger partial charge in [0, 0.05) is 13.1 Å². The predicted molar refractivity (Wildman–Crippen MR) is 63.5 cm³/mol. The minimum absolute atomic E-state index is 0.117. The molecule has 4 nitrogen and oxygen atoms in total. The Balaban J connectivity index is 2.31. The van der Waals surface area contributed by atoms with Gasteiger partial charge in [-0.2, -0.15) is 0 Å². The van der Waals surface area contributed by atoms with Crippen LogP contribution in [0.5, 0.6) is 0 Å². The van der Waals surface area contributed by atoms with Crippen LogP contribution < -0.4 is 4.90 Å². The van der Waals surface area contributed by atoms with Gasteiger partial charge in [-0.25, -0.2) is 9.97 Å². The number of aliphatic hydroxyl groups is 1. The molecule has 0 spiro atoms. The molecule has 1 saturated heterocycles. The van der Waals surface area contributed by atoms with Gasteiger partial charge in [0.05, 0.1) is 12.2 Å². The van der Waals surface area contributed by atoms with E-state index < -0.39 is 0 Å². The summed E-state index contributed by atoms with van der Waals surface area (Å²) in [5.74, 6) is 2.05. The van der Waals surface area contributed by atoms with Crippen molar-refractivity contribution in [2.24, 2.45) is 11.8 Å². The van der Waals surface area contributed by atoms with E-state index >= 15 is 0 Å². The highest BCUT2D eigenvalue weighted by Crippen LogP contribution is 2.30. The highest BCUT2D eigenvalue weighted by Gasteiger charge is 2.28. The maximum atomic E-state index is 9.30. The number of rotatable bonds is 2. The second kappa shape index (κ2) is 4.55. The Morgan fingerprint density at radius 1 is 1.38 bits per heavy atom. The van der Waals surface area contributed by atoms with Crippen LogP contribution in [-0.4, -0.2) is 28.2 Å². The van der Waals surface area contributed by atoms with E-state index in [1.54, 1.807) is 0 Å². The van der Waals surface area contributed by atoms with Crippen LogP contribution in [0.2, 0.25) is 5.15 Å². The monoisotopic (exact) mass is 241 g/mol. The van der Waals surface area contributed by atoms with E-state index in [1.807, 2.05) is 0 Å². The fourth-order valence-corrected chi connectivity index (χ4v) is 2.28. The van der Waals surface area contributed by atoms with E-state index in [4.69, 9.17) is 11.6 Å². The van der Waals surface area contributed by atoms with Crippen LogP contribution in [0.3, 0.4) is 0 Å². The lowest BCUT2D eigenvalue weighted by atomic mass is 10.0. The molecule has 5 heteroatoms. The average molecular weight is 242 g/mol. The quantitative estimate of drug-likeness (QED) is 0.801. The molecule has 1 aliphatic rings. The second-order valence-corrected chi connectivity index (χ2v) is 4.84. The number of anilines is 1. The summed E-state index contributed by atoms with van der Waals surface area (Å²) >= 11 is 5.94. The van der Waals surface area contributed by atoms with Crippen molar-refractivity contribution in [2.45, 2.75) is 20.5 Å². The zero-order valence-corrected chi connectivity index (χ0v) is 10.3. The van der Waals surface area contributed by atoms with Crippen LogP contribution in [0.1, 0.15) is 19.4 Å². The van der Waals surface area contributed by atoms with E-state index in [2.05, 4.69) is 28.7 Å². The SMILES string of the molecule is CC1CN(c2ncnc(Cl)c2CO)CC1C. The number of nitrogens with zero attached hydrogens (tertiary/aromatic N) is 3. The molecule has 16 heavy (non-hydrogen) atoms. The van der Waals surface area contributed by atoms with Gasteiger partial charge < -0.3 is 10.0 Å². The molecule has 2 atom stereocenters. The summed E-state index contributed by atoms with van der Waals surface area (Å²) in [5, 5.41) is 9.65. The van der Waals surface area contributed by atoms with E-state index in [0.29, 0.717) is 22.6 Å². The number of hydrogen-bond acceptors (Lipinski definition) is 4. The van der Waals surface area contributed by atoms with Crippen LogP contribution in [0, 0.1) is 11.8 Å². The second-order valence-electron chi connectivity index (χ2n) is 4.48. The Bertz CT molecular complexity index is 375. The highest BCUT2D eigenvalue weighted by molar-refractivity contribution is 6.30. The van der Waals surface area contributed by atoms with Gasteiger partial charge in [0.15, 0.2) is 0 Å². The normalized spacial score (nSPS) is 25.1. The summed E-state index contributed by atoms with van der Waals surface area (Å²) in [4.78, 5) is 10.3. The third-order valence-corrected chi connectivity index (χ3v) is 3.64. The molecule has 0 aliphatic carbocycles. The summed E-state index contributed by atoms with van der Waals surface area (Å²) in [6, 6.07) is 0. The molecule has 1 fully saturated rings. The third kappa shape index (κ3) is 1.99. The van der Waals surface area contributed by atoms with Crippen LogP contribution in [0.4, 0.5) is 5.82 Å². The Labute approximate surface area is 100 Å². The molecule has 2 unspecified atom stereocenters. The number of aromatic nitrogens is 2. The van der Waals surface area contributed by atoms with E-state index in [9.17, 15) is 5.11 Å². The average Bonchev–Trinajstić information content (AvgIpc) is 2.59. The van der Waals surface area contributed by atoms with Crippen LogP contribution in [-0.2, 0) is 6.61 Å². The number of halogens is 1. The lowest BCUT2D eigenvalue weighted by Crippen LogP contribution is -2.22. The van der Waals surface area contributed by atoms with Gasteiger partial charge >= 0.3 is 0 Å². The minimum atomic E-state index is -0.117. The maximum absolute atomic E-state index is 9.30. The molecule has 88 valence electrons. The molecule has 2 heterocycles. The standard InChI is InChI=1S/C11H16ClN3O/c1-7-3-15(4-8(7)2)11-9(5-16)10(12)13-6-14-11/h6-8,16H,3-5H2,1-2H3. The Morgan fingerprint density at radius 2 is 2.00 bits per heavy atom. The van der Waals surface area contributed by atoms with E-state index in [1.165, 1.54) is 6.33 Å². The van der Waals surface area contributed by atoms with Gasteiger partial charge in [0.2, 0.25) is 0 Å². The molecule has 0 amide bonds. The molecule has 0 radical (unpaired) electrons. The van der Waals surface area contributed by atoms with Gasteiger partial charge in [-0.1, -0.05) is 25.4 Å². The Hall–Kier alpha value is -0.870. The van der Waals surface area contributed by atoms with Crippen molar-refractivity contribution in [1.29, 1.82) is 0 Å². The minimum Gasteiger partial charge on any atom is -0.391 e. The first kappa shape index (κ1) is 11.6. The van der Waals surface area contributed by atoms with Crippen LogP contribution >= 0.6 is 11.6 Å². The maximum Gasteiger partial charge on any atom is 0.140 e. The first-order valence-corrected chi connectivity index (χ1v) is 5.86. The Kier molecular flexibility index (Phi) is 3.30. The molecule has 2 rings (SSSR count). The van der Waals surface area contributed by atoms with E-state index in [-0.39, 0.29) is 6.61 Å². The lowest BCUT2D eigenvalue weighted by molar-refractivity contribution is 0.281. The van der Waals surface area contributed by atoms with Gasteiger partial charge in [0.1, 0.15) is 17.3 Å². The molecule has 1 aliphatic heterocycles. The molecular formula is C11H16ClN3O. The van der Waals surface area contributed by atoms with Crippen molar-refractivity contribution < 1.29 is 5.11 Å². The van der Waals surface area contributed by atoms with Gasteiger partial charge in [-0.3, -0.25) is 0 Å². The van der Waals surface area contributed by atoms with Crippen molar-refractivity contribution in [3.05, 3.63) is 17.0 Å². The molecule has 0 aromatic carbocycles. The fraction of sp³-hybridized carbons (Fsp3) is 0.636. The summed E-state index contributed by atoms with van der Waals surface area (Å²) in [6.45, 7) is 6.26. The summed E-state index contributed by atoms with van der Waals surface area (Å²) in [5.41, 5.74) is 0.630. The van der Waals surface area contributed by atoms with Crippen LogP contribution in [0.25, 0.3) is 0 Å². The van der Waals surface area contributed by atoms with Crippen molar-refractivity contribution in [1.82, 2.24) is 9.97 Å². The van der Waals surface area contributed by atoms with E-state index in [0.717, 1.165) is 18.9 Å².